The van der Waals surface area contributed by atoms with Gasteiger partial charge in [0, 0.05) is 12.5 Å². The van der Waals surface area contributed by atoms with Crippen LogP contribution < -0.4 is 11.1 Å². The fourth-order valence-electron chi connectivity index (χ4n) is 0.404. The molecule has 1 amide bonds. The summed E-state index contributed by atoms with van der Waals surface area (Å²) >= 11 is 0. The molecule has 0 heterocycles. The van der Waals surface area contributed by atoms with Crippen molar-refractivity contribution in [1.82, 2.24) is 5.32 Å². The first-order chi connectivity index (χ1) is 3.66. The Labute approximate surface area is 49.3 Å². The van der Waals surface area contributed by atoms with Gasteiger partial charge in [-0.2, -0.15) is 0 Å². The Hall–Kier alpha value is -0.570. The van der Waals surface area contributed by atoms with Crippen molar-refractivity contribution in [1.29, 1.82) is 0 Å². The van der Waals surface area contributed by atoms with E-state index in [1.54, 1.807) is 7.05 Å². The molecule has 0 aliphatic rings. The molecule has 0 saturated carbocycles. The van der Waals surface area contributed by atoms with Crippen molar-refractivity contribution in [2.75, 3.05) is 7.05 Å². The minimum Gasteiger partial charge on any atom is -0.370 e. The molecule has 8 heavy (non-hydrogen) atoms. The zero-order chi connectivity index (χ0) is 6.57. The van der Waals surface area contributed by atoms with Gasteiger partial charge in [-0.15, -0.1) is 0 Å². The molecular formula is C5H12N2O. The van der Waals surface area contributed by atoms with Crippen LogP contribution >= 0.6 is 0 Å². The van der Waals surface area contributed by atoms with Crippen LogP contribution in [0.4, 0.5) is 0 Å². The zero-order valence-corrected chi connectivity index (χ0v) is 5.27. The summed E-state index contributed by atoms with van der Waals surface area (Å²) in [5.41, 5.74) is 4.89. The first-order valence-electron chi connectivity index (χ1n) is 2.62. The highest BCUT2D eigenvalue weighted by Crippen LogP contribution is 1.84. The Morgan fingerprint density at radius 3 is 2.50 bits per heavy atom. The molecule has 3 heteroatoms. The lowest BCUT2D eigenvalue weighted by Gasteiger charge is -2.04. The zero-order valence-electron chi connectivity index (χ0n) is 5.27. The van der Waals surface area contributed by atoms with E-state index in [2.05, 4.69) is 5.32 Å². The fraction of sp³-hybridized carbons (Fsp3) is 0.800. The lowest BCUT2D eigenvalue weighted by atomic mass is 10.2. The highest BCUT2D eigenvalue weighted by Gasteiger charge is 2.00. The fourth-order valence-corrected chi connectivity index (χ4v) is 0.404. The maximum atomic E-state index is 10.2. The van der Waals surface area contributed by atoms with Crippen LogP contribution in [-0.2, 0) is 4.79 Å². The van der Waals surface area contributed by atoms with E-state index in [9.17, 15) is 4.79 Å². The Morgan fingerprint density at radius 2 is 2.38 bits per heavy atom. The van der Waals surface area contributed by atoms with E-state index in [-0.39, 0.29) is 11.9 Å². The number of nitrogens with one attached hydrogen (secondary N) is 1. The van der Waals surface area contributed by atoms with Crippen molar-refractivity contribution >= 4 is 5.91 Å². The second kappa shape index (κ2) is 3.43. The van der Waals surface area contributed by atoms with Crippen LogP contribution in [0.5, 0.6) is 0 Å². The molecule has 3 nitrogen and oxygen atoms in total. The largest absolute Gasteiger partial charge is 0.370 e. The predicted octanol–water partition coefficient (Wildman–Crippen LogP) is -0.530. The van der Waals surface area contributed by atoms with Gasteiger partial charge in [-0.1, -0.05) is 0 Å². The van der Waals surface area contributed by atoms with E-state index in [1.165, 1.54) is 0 Å². The van der Waals surface area contributed by atoms with Crippen LogP contribution in [0.15, 0.2) is 0 Å². The predicted molar refractivity (Wildman–Crippen MR) is 32.3 cm³/mol. The van der Waals surface area contributed by atoms with Crippen molar-refractivity contribution in [3.8, 4) is 0 Å². The molecular weight excluding hydrogens is 104 g/mol. The van der Waals surface area contributed by atoms with Crippen LogP contribution in [0.1, 0.15) is 13.3 Å². The lowest BCUT2D eigenvalue weighted by Crippen LogP contribution is -2.27. The molecule has 0 aromatic heterocycles. The second-order valence-electron chi connectivity index (χ2n) is 1.86. The van der Waals surface area contributed by atoms with Crippen LogP contribution in [-0.4, -0.2) is 19.0 Å². The van der Waals surface area contributed by atoms with Crippen LogP contribution in [0, 0.1) is 0 Å². The summed E-state index contributed by atoms with van der Waals surface area (Å²) in [5.74, 6) is -0.258. The van der Waals surface area contributed by atoms with Gasteiger partial charge < -0.3 is 11.1 Å². The summed E-state index contributed by atoms with van der Waals surface area (Å²) in [5, 5.41) is 2.90. The number of carbonyl (C=O) groups is 1. The van der Waals surface area contributed by atoms with Gasteiger partial charge in [-0.3, -0.25) is 4.79 Å². The van der Waals surface area contributed by atoms with E-state index in [1.807, 2.05) is 6.92 Å². The van der Waals surface area contributed by atoms with Crippen LogP contribution in [0.3, 0.4) is 0 Å². The second-order valence-corrected chi connectivity index (χ2v) is 1.86. The molecule has 0 fully saturated rings. The van der Waals surface area contributed by atoms with Crippen molar-refractivity contribution < 1.29 is 4.79 Å². The molecule has 1 atom stereocenters. The molecule has 0 rings (SSSR count). The summed E-state index contributed by atoms with van der Waals surface area (Å²) < 4.78 is 0. The SMILES string of the molecule is CN[C@H](C)CC(N)=O. The maximum absolute atomic E-state index is 10.2. The minimum atomic E-state index is -0.258. The smallest absolute Gasteiger partial charge is 0.218 e. The molecule has 0 unspecified atom stereocenters. The van der Waals surface area contributed by atoms with Gasteiger partial charge in [0.25, 0.3) is 0 Å². The average molecular weight is 116 g/mol. The van der Waals surface area contributed by atoms with E-state index in [0.717, 1.165) is 0 Å². The van der Waals surface area contributed by atoms with Gasteiger partial charge in [0.05, 0.1) is 0 Å². The lowest BCUT2D eigenvalue weighted by molar-refractivity contribution is -0.118. The third kappa shape index (κ3) is 3.61. The topological polar surface area (TPSA) is 55.1 Å². The highest BCUT2D eigenvalue weighted by molar-refractivity contribution is 5.74. The molecule has 0 radical (unpaired) electrons. The number of hydrogen-bond acceptors (Lipinski definition) is 2. The quantitative estimate of drug-likeness (QED) is 0.520. The molecule has 0 aliphatic carbocycles. The molecule has 3 N–H and O–H groups in total. The number of rotatable bonds is 3. The monoisotopic (exact) mass is 116 g/mol. The van der Waals surface area contributed by atoms with Crippen LogP contribution in [0.25, 0.3) is 0 Å². The highest BCUT2D eigenvalue weighted by atomic mass is 16.1. The van der Waals surface area contributed by atoms with Gasteiger partial charge in [0.2, 0.25) is 5.91 Å². The number of primary amides is 1. The summed E-state index contributed by atoms with van der Waals surface area (Å²) in [4.78, 5) is 10.2. The third-order valence-electron chi connectivity index (χ3n) is 1.00. The van der Waals surface area contributed by atoms with E-state index in [0.29, 0.717) is 6.42 Å². The molecule has 48 valence electrons. The summed E-state index contributed by atoms with van der Waals surface area (Å²) in [6, 6.07) is 0.201. The summed E-state index contributed by atoms with van der Waals surface area (Å²) in [6.07, 6.45) is 0.413. The molecule has 0 aromatic carbocycles. The van der Waals surface area contributed by atoms with E-state index < -0.39 is 0 Å². The van der Waals surface area contributed by atoms with E-state index in [4.69, 9.17) is 5.73 Å². The number of carbonyl (C=O) groups excluding carboxylic acids is 1. The van der Waals surface area contributed by atoms with Crippen molar-refractivity contribution in [3.63, 3.8) is 0 Å². The normalized spacial score (nSPS) is 13.2. The Bertz CT molecular complexity index is 82.5. The maximum Gasteiger partial charge on any atom is 0.218 e. The van der Waals surface area contributed by atoms with Crippen LogP contribution in [0.2, 0.25) is 0 Å². The van der Waals surface area contributed by atoms with E-state index >= 15 is 0 Å². The van der Waals surface area contributed by atoms with Gasteiger partial charge in [-0.05, 0) is 14.0 Å². The standard InChI is InChI=1S/C5H12N2O/c1-4(7-2)3-5(6)8/h4,7H,3H2,1-2H3,(H2,6,8)/t4-/m1/s1. The first kappa shape index (κ1) is 7.43. The Balaban J connectivity index is 3.24. The molecule has 0 saturated heterocycles. The number of amides is 1. The molecule has 0 aliphatic heterocycles. The Kier molecular flexibility index (Phi) is 3.19. The number of hydrogen-bond donors (Lipinski definition) is 2. The summed E-state index contributed by atoms with van der Waals surface area (Å²) in [6.45, 7) is 1.91. The third-order valence-corrected chi connectivity index (χ3v) is 1.00. The van der Waals surface area contributed by atoms with Gasteiger partial charge in [-0.25, -0.2) is 0 Å². The summed E-state index contributed by atoms with van der Waals surface area (Å²) in [7, 11) is 1.80. The van der Waals surface area contributed by atoms with Gasteiger partial charge in [0.15, 0.2) is 0 Å². The molecule has 0 aromatic rings. The molecule has 0 spiro atoms. The number of nitrogens with two attached hydrogens (primary N) is 1. The van der Waals surface area contributed by atoms with Crippen molar-refractivity contribution in [2.45, 2.75) is 19.4 Å². The molecule has 0 bridgehead atoms. The first-order valence-corrected chi connectivity index (χ1v) is 2.62. The van der Waals surface area contributed by atoms with Crippen molar-refractivity contribution in [2.24, 2.45) is 5.73 Å². The van der Waals surface area contributed by atoms with Gasteiger partial charge in [0.1, 0.15) is 0 Å². The van der Waals surface area contributed by atoms with Crippen molar-refractivity contribution in [3.05, 3.63) is 0 Å². The minimum absolute atomic E-state index is 0.201. The van der Waals surface area contributed by atoms with Gasteiger partial charge >= 0.3 is 0 Å². The Morgan fingerprint density at radius 1 is 1.88 bits per heavy atom. The average Bonchev–Trinajstić information content (AvgIpc) is 1.65.